The van der Waals surface area contributed by atoms with Crippen LogP contribution in [0.4, 0.5) is 9.18 Å². The number of rotatable bonds is 4. The van der Waals surface area contributed by atoms with E-state index in [9.17, 15) is 9.18 Å². The van der Waals surface area contributed by atoms with E-state index in [1.165, 1.54) is 6.07 Å². The lowest BCUT2D eigenvalue weighted by Crippen LogP contribution is -2.39. The van der Waals surface area contributed by atoms with Gasteiger partial charge in [-0.15, -0.1) is 0 Å². The third kappa shape index (κ3) is 3.35. The number of urea groups is 1. The van der Waals surface area contributed by atoms with Gasteiger partial charge in [-0.05, 0) is 43.5 Å². The maximum Gasteiger partial charge on any atom is 0.315 e. The SMILES string of the molecule is CC1CC[C@H](c2ccc(OCc3ccccc3F)cc2)N1C(N)=O. The van der Waals surface area contributed by atoms with Gasteiger partial charge in [-0.3, -0.25) is 0 Å². The lowest BCUT2D eigenvalue weighted by molar-refractivity contribution is 0.186. The highest BCUT2D eigenvalue weighted by Crippen LogP contribution is 2.36. The van der Waals surface area contributed by atoms with Gasteiger partial charge in [0.25, 0.3) is 0 Å². The minimum atomic E-state index is -0.384. The minimum Gasteiger partial charge on any atom is -0.489 e. The highest BCUT2D eigenvalue weighted by Gasteiger charge is 2.33. The molecule has 1 aliphatic heterocycles. The van der Waals surface area contributed by atoms with E-state index in [1.54, 1.807) is 23.1 Å². The van der Waals surface area contributed by atoms with Crippen molar-refractivity contribution in [1.82, 2.24) is 4.90 Å². The van der Waals surface area contributed by atoms with Crippen LogP contribution in [0.1, 0.15) is 36.9 Å². The van der Waals surface area contributed by atoms with Crippen molar-refractivity contribution < 1.29 is 13.9 Å². The summed E-state index contributed by atoms with van der Waals surface area (Å²) in [6, 6.07) is 13.9. The first-order chi connectivity index (χ1) is 11.6. The Balaban J connectivity index is 1.67. The quantitative estimate of drug-likeness (QED) is 0.922. The van der Waals surface area contributed by atoms with Crippen molar-refractivity contribution >= 4 is 6.03 Å². The van der Waals surface area contributed by atoms with Crippen LogP contribution < -0.4 is 10.5 Å². The fourth-order valence-corrected chi connectivity index (χ4v) is 3.25. The van der Waals surface area contributed by atoms with Gasteiger partial charge in [0, 0.05) is 11.6 Å². The standard InChI is InChI=1S/C19H21FN2O2/c1-13-6-11-18(22(13)19(21)23)14-7-9-16(10-8-14)24-12-15-4-2-3-5-17(15)20/h2-5,7-10,13,18H,6,11-12H2,1H3,(H2,21,23)/t13?,18-/m1/s1. The molecule has 24 heavy (non-hydrogen) atoms. The molecular formula is C19H21FN2O2. The van der Waals surface area contributed by atoms with E-state index in [-0.39, 0.29) is 30.5 Å². The number of nitrogens with zero attached hydrogens (tertiary/aromatic N) is 1. The predicted molar refractivity (Wildman–Crippen MR) is 90.0 cm³/mol. The maximum absolute atomic E-state index is 13.6. The summed E-state index contributed by atoms with van der Waals surface area (Å²) in [6.45, 7) is 2.19. The normalized spacial score (nSPS) is 20.2. The number of ether oxygens (including phenoxy) is 1. The minimum absolute atomic E-state index is 0.0121. The van der Waals surface area contributed by atoms with Crippen LogP contribution in [0.5, 0.6) is 5.75 Å². The molecule has 0 radical (unpaired) electrons. The highest BCUT2D eigenvalue weighted by molar-refractivity contribution is 5.73. The Bertz CT molecular complexity index is 718. The van der Waals surface area contributed by atoms with Gasteiger partial charge in [-0.25, -0.2) is 9.18 Å². The Morgan fingerprint density at radius 3 is 2.58 bits per heavy atom. The van der Waals surface area contributed by atoms with E-state index >= 15 is 0 Å². The zero-order chi connectivity index (χ0) is 17.1. The Morgan fingerprint density at radius 2 is 1.92 bits per heavy atom. The summed E-state index contributed by atoms with van der Waals surface area (Å²) in [5, 5.41) is 0. The van der Waals surface area contributed by atoms with Crippen LogP contribution in [0.15, 0.2) is 48.5 Å². The molecule has 0 aliphatic carbocycles. The average Bonchev–Trinajstić information content (AvgIpc) is 2.96. The molecule has 0 bridgehead atoms. The summed E-state index contributed by atoms with van der Waals surface area (Å²) in [6.07, 6.45) is 1.85. The number of benzene rings is 2. The zero-order valence-electron chi connectivity index (χ0n) is 13.6. The predicted octanol–water partition coefficient (Wildman–Crippen LogP) is 4.01. The van der Waals surface area contributed by atoms with Crippen molar-refractivity contribution in [2.24, 2.45) is 5.73 Å². The topological polar surface area (TPSA) is 55.6 Å². The molecule has 2 N–H and O–H groups in total. The number of carbonyl (C=O) groups is 1. The number of halogens is 1. The van der Waals surface area contributed by atoms with Crippen LogP contribution in [0.25, 0.3) is 0 Å². The van der Waals surface area contributed by atoms with Gasteiger partial charge in [0.05, 0.1) is 6.04 Å². The van der Waals surface area contributed by atoms with Gasteiger partial charge < -0.3 is 15.4 Å². The van der Waals surface area contributed by atoms with Crippen molar-refractivity contribution in [3.8, 4) is 5.75 Å². The number of hydrogen-bond donors (Lipinski definition) is 1. The van der Waals surface area contributed by atoms with Crippen molar-refractivity contribution in [3.63, 3.8) is 0 Å². The third-order valence-electron chi connectivity index (χ3n) is 4.54. The second-order valence-electron chi connectivity index (χ2n) is 6.14. The molecule has 4 nitrogen and oxygen atoms in total. The summed E-state index contributed by atoms with van der Waals surface area (Å²) in [7, 11) is 0. The molecule has 5 heteroatoms. The third-order valence-corrected chi connectivity index (χ3v) is 4.54. The molecule has 1 saturated heterocycles. The molecule has 0 aromatic heterocycles. The van der Waals surface area contributed by atoms with Crippen LogP contribution in [0.3, 0.4) is 0 Å². The lowest BCUT2D eigenvalue weighted by Gasteiger charge is -2.27. The van der Waals surface area contributed by atoms with Gasteiger partial charge in [-0.2, -0.15) is 0 Å². The highest BCUT2D eigenvalue weighted by atomic mass is 19.1. The number of amides is 2. The summed E-state index contributed by atoms with van der Waals surface area (Å²) < 4.78 is 19.2. The number of likely N-dealkylation sites (tertiary alicyclic amines) is 1. The summed E-state index contributed by atoms with van der Waals surface area (Å²) >= 11 is 0. The van der Waals surface area contributed by atoms with Crippen LogP contribution in [-0.4, -0.2) is 17.0 Å². The van der Waals surface area contributed by atoms with E-state index in [1.807, 2.05) is 31.2 Å². The van der Waals surface area contributed by atoms with Gasteiger partial charge in [0.15, 0.2) is 0 Å². The first kappa shape index (κ1) is 16.3. The smallest absolute Gasteiger partial charge is 0.315 e. The molecule has 1 fully saturated rings. The van der Waals surface area contributed by atoms with Crippen LogP contribution in [-0.2, 0) is 6.61 Å². The molecule has 0 saturated carbocycles. The monoisotopic (exact) mass is 328 g/mol. The fourth-order valence-electron chi connectivity index (χ4n) is 3.25. The Kier molecular flexibility index (Phi) is 4.69. The zero-order valence-corrected chi connectivity index (χ0v) is 13.6. The second-order valence-corrected chi connectivity index (χ2v) is 6.14. The van der Waals surface area contributed by atoms with E-state index in [0.29, 0.717) is 11.3 Å². The maximum atomic E-state index is 13.6. The molecule has 2 amide bonds. The Hall–Kier alpha value is -2.56. The van der Waals surface area contributed by atoms with Crippen LogP contribution >= 0.6 is 0 Å². The van der Waals surface area contributed by atoms with Crippen molar-refractivity contribution in [2.45, 2.75) is 38.5 Å². The largest absolute Gasteiger partial charge is 0.489 e. The average molecular weight is 328 g/mol. The summed E-state index contributed by atoms with van der Waals surface area (Å²) in [4.78, 5) is 13.4. The van der Waals surface area contributed by atoms with Crippen molar-refractivity contribution in [2.75, 3.05) is 0 Å². The summed E-state index contributed by atoms with van der Waals surface area (Å²) in [5.74, 6) is 0.393. The number of nitrogens with two attached hydrogens (primary N) is 1. The molecule has 1 aliphatic rings. The molecule has 1 unspecified atom stereocenters. The van der Waals surface area contributed by atoms with Gasteiger partial charge in [0.2, 0.25) is 0 Å². The lowest BCUT2D eigenvalue weighted by atomic mass is 10.0. The molecule has 2 aromatic rings. The van der Waals surface area contributed by atoms with Gasteiger partial charge in [0.1, 0.15) is 18.2 Å². The van der Waals surface area contributed by atoms with Crippen LogP contribution in [0.2, 0.25) is 0 Å². The molecule has 2 aromatic carbocycles. The van der Waals surface area contributed by atoms with E-state index in [0.717, 1.165) is 18.4 Å². The number of hydrogen-bond acceptors (Lipinski definition) is 2. The molecule has 0 spiro atoms. The molecule has 126 valence electrons. The first-order valence-electron chi connectivity index (χ1n) is 8.10. The Labute approximate surface area is 141 Å². The molecular weight excluding hydrogens is 307 g/mol. The van der Waals surface area contributed by atoms with Gasteiger partial charge in [-0.1, -0.05) is 30.3 Å². The van der Waals surface area contributed by atoms with E-state index in [4.69, 9.17) is 10.5 Å². The fraction of sp³-hybridized carbons (Fsp3) is 0.316. The molecule has 1 heterocycles. The second kappa shape index (κ2) is 6.91. The van der Waals surface area contributed by atoms with Crippen molar-refractivity contribution in [1.29, 1.82) is 0 Å². The Morgan fingerprint density at radius 1 is 1.21 bits per heavy atom. The molecule has 2 atom stereocenters. The van der Waals surface area contributed by atoms with Crippen LogP contribution in [0, 0.1) is 5.82 Å². The first-order valence-corrected chi connectivity index (χ1v) is 8.10. The number of carbonyl (C=O) groups excluding carboxylic acids is 1. The van der Waals surface area contributed by atoms with E-state index in [2.05, 4.69) is 0 Å². The summed E-state index contributed by atoms with van der Waals surface area (Å²) in [5.41, 5.74) is 7.06. The number of primary amides is 1. The van der Waals surface area contributed by atoms with Crippen molar-refractivity contribution in [3.05, 3.63) is 65.5 Å². The van der Waals surface area contributed by atoms with E-state index < -0.39 is 0 Å². The molecule has 3 rings (SSSR count). The van der Waals surface area contributed by atoms with Gasteiger partial charge >= 0.3 is 6.03 Å².